The summed E-state index contributed by atoms with van der Waals surface area (Å²) in [7, 11) is 0. The van der Waals surface area contributed by atoms with Crippen molar-refractivity contribution in [1.29, 1.82) is 0 Å². The molecule has 0 saturated carbocycles. The number of carbonyl (C=O) groups excluding carboxylic acids is 2. The number of halogens is 1. The number of benzene rings is 2. The van der Waals surface area contributed by atoms with E-state index in [2.05, 4.69) is 31.9 Å². The van der Waals surface area contributed by atoms with Crippen LogP contribution < -0.4 is 20.7 Å². The molecule has 0 radical (unpaired) electrons. The topological polar surface area (TPSA) is 79.5 Å². The van der Waals surface area contributed by atoms with E-state index in [1.807, 2.05) is 38.1 Å². The molecule has 0 aliphatic carbocycles. The number of urea groups is 1. The Kier molecular flexibility index (Phi) is 7.47. The van der Waals surface area contributed by atoms with Gasteiger partial charge in [0.25, 0.3) is 0 Å². The molecule has 0 saturated heterocycles. The van der Waals surface area contributed by atoms with Crippen LogP contribution in [-0.4, -0.2) is 25.1 Å². The van der Waals surface area contributed by atoms with Gasteiger partial charge in [-0.2, -0.15) is 0 Å². The van der Waals surface area contributed by atoms with Gasteiger partial charge in [-0.05, 0) is 55.8 Å². The summed E-state index contributed by atoms with van der Waals surface area (Å²) in [6.45, 7) is 4.25. The van der Waals surface area contributed by atoms with Crippen molar-refractivity contribution in [2.75, 3.05) is 18.5 Å². The maximum Gasteiger partial charge on any atom is 0.315 e. The summed E-state index contributed by atoms with van der Waals surface area (Å²) in [6, 6.07) is 14.1. The van der Waals surface area contributed by atoms with Crippen LogP contribution in [0.4, 0.5) is 10.5 Å². The fourth-order valence-electron chi connectivity index (χ4n) is 2.27. The van der Waals surface area contributed by atoms with E-state index in [1.54, 1.807) is 24.3 Å². The van der Waals surface area contributed by atoms with Gasteiger partial charge in [0, 0.05) is 10.2 Å². The second kappa shape index (κ2) is 9.82. The van der Waals surface area contributed by atoms with Crippen LogP contribution in [0.5, 0.6) is 5.75 Å². The second-order valence-corrected chi connectivity index (χ2v) is 6.52. The standard InChI is InChI=1S/C19H22BrN3O3/c1-3-26-17-9-7-16(8-10-17)23-18(24)12-21-19(25)22-13(2)14-5-4-6-15(20)11-14/h4-11,13H,3,12H2,1-2H3,(H,23,24)(H2,21,22,25). The molecule has 0 spiro atoms. The Labute approximate surface area is 161 Å². The number of rotatable bonds is 7. The molecule has 2 rings (SSSR count). The van der Waals surface area contributed by atoms with Gasteiger partial charge in [-0.1, -0.05) is 28.1 Å². The normalized spacial score (nSPS) is 11.3. The first-order chi connectivity index (χ1) is 12.5. The summed E-state index contributed by atoms with van der Waals surface area (Å²) < 4.78 is 6.29. The van der Waals surface area contributed by atoms with Gasteiger partial charge in [0.15, 0.2) is 0 Å². The third-order valence-corrected chi connectivity index (χ3v) is 4.05. The van der Waals surface area contributed by atoms with Gasteiger partial charge in [0.2, 0.25) is 5.91 Å². The maximum atomic E-state index is 12.0. The molecule has 0 aromatic heterocycles. The molecule has 26 heavy (non-hydrogen) atoms. The fraction of sp³-hybridized carbons (Fsp3) is 0.263. The molecule has 138 valence electrons. The molecule has 0 aliphatic heterocycles. The lowest BCUT2D eigenvalue weighted by Gasteiger charge is -2.15. The minimum Gasteiger partial charge on any atom is -0.494 e. The summed E-state index contributed by atoms with van der Waals surface area (Å²) in [5.74, 6) is 0.434. The van der Waals surface area contributed by atoms with Crippen LogP contribution in [0, 0.1) is 0 Å². The smallest absolute Gasteiger partial charge is 0.315 e. The molecule has 7 heteroatoms. The Morgan fingerprint density at radius 2 is 1.88 bits per heavy atom. The zero-order chi connectivity index (χ0) is 18.9. The summed E-state index contributed by atoms with van der Waals surface area (Å²) in [5, 5.41) is 8.06. The monoisotopic (exact) mass is 419 g/mol. The first-order valence-corrected chi connectivity index (χ1v) is 9.09. The molecule has 0 bridgehead atoms. The van der Waals surface area contributed by atoms with E-state index in [-0.39, 0.29) is 18.5 Å². The van der Waals surface area contributed by atoms with E-state index in [0.717, 1.165) is 15.8 Å². The first kappa shape index (κ1) is 19.8. The number of nitrogens with one attached hydrogen (secondary N) is 3. The van der Waals surface area contributed by atoms with E-state index in [1.165, 1.54) is 0 Å². The SMILES string of the molecule is CCOc1ccc(NC(=O)CNC(=O)NC(C)c2cccc(Br)c2)cc1. The van der Waals surface area contributed by atoms with Crippen molar-refractivity contribution < 1.29 is 14.3 Å². The summed E-state index contributed by atoms with van der Waals surface area (Å²) in [4.78, 5) is 23.9. The van der Waals surface area contributed by atoms with Gasteiger partial charge in [-0.3, -0.25) is 4.79 Å². The second-order valence-electron chi connectivity index (χ2n) is 5.61. The zero-order valence-electron chi connectivity index (χ0n) is 14.7. The van der Waals surface area contributed by atoms with Crippen LogP contribution in [0.1, 0.15) is 25.5 Å². The number of ether oxygens (including phenoxy) is 1. The van der Waals surface area contributed by atoms with E-state index < -0.39 is 6.03 Å². The molecular formula is C19H22BrN3O3. The van der Waals surface area contributed by atoms with E-state index in [0.29, 0.717) is 12.3 Å². The Morgan fingerprint density at radius 3 is 2.54 bits per heavy atom. The third kappa shape index (κ3) is 6.40. The van der Waals surface area contributed by atoms with Crippen LogP contribution in [0.15, 0.2) is 53.0 Å². The van der Waals surface area contributed by atoms with Crippen LogP contribution in [0.3, 0.4) is 0 Å². The Hall–Kier alpha value is -2.54. The van der Waals surface area contributed by atoms with E-state index in [9.17, 15) is 9.59 Å². The van der Waals surface area contributed by atoms with E-state index >= 15 is 0 Å². The molecule has 3 amide bonds. The summed E-state index contributed by atoms with van der Waals surface area (Å²) >= 11 is 3.40. The highest BCUT2D eigenvalue weighted by Gasteiger charge is 2.11. The van der Waals surface area contributed by atoms with Crippen molar-refractivity contribution in [2.45, 2.75) is 19.9 Å². The van der Waals surface area contributed by atoms with Gasteiger partial charge in [0.1, 0.15) is 5.75 Å². The van der Waals surface area contributed by atoms with E-state index in [4.69, 9.17) is 4.74 Å². The zero-order valence-corrected chi connectivity index (χ0v) is 16.3. The average molecular weight is 420 g/mol. The predicted octanol–water partition coefficient (Wildman–Crippen LogP) is 3.85. The molecule has 2 aromatic carbocycles. The lowest BCUT2D eigenvalue weighted by molar-refractivity contribution is -0.115. The van der Waals surface area contributed by atoms with Crippen LogP contribution in [0.25, 0.3) is 0 Å². The lowest BCUT2D eigenvalue weighted by Crippen LogP contribution is -2.41. The third-order valence-electron chi connectivity index (χ3n) is 3.55. The van der Waals surface area contributed by atoms with Crippen molar-refractivity contribution in [3.05, 3.63) is 58.6 Å². The molecule has 1 unspecified atom stereocenters. The predicted molar refractivity (Wildman–Crippen MR) is 105 cm³/mol. The van der Waals surface area contributed by atoms with Gasteiger partial charge < -0.3 is 20.7 Å². The maximum absolute atomic E-state index is 12.0. The van der Waals surface area contributed by atoms with Crippen LogP contribution in [-0.2, 0) is 4.79 Å². The first-order valence-electron chi connectivity index (χ1n) is 8.30. The molecule has 6 nitrogen and oxygen atoms in total. The van der Waals surface area contributed by atoms with Crippen molar-refractivity contribution in [3.8, 4) is 5.75 Å². The minimum absolute atomic E-state index is 0.121. The Bertz CT molecular complexity index is 750. The summed E-state index contributed by atoms with van der Waals surface area (Å²) in [5.41, 5.74) is 1.61. The number of amides is 3. The van der Waals surface area contributed by atoms with Gasteiger partial charge in [-0.25, -0.2) is 4.79 Å². The molecule has 0 fully saturated rings. The largest absolute Gasteiger partial charge is 0.494 e. The quantitative estimate of drug-likeness (QED) is 0.637. The Balaban J connectivity index is 1.76. The molecule has 2 aromatic rings. The van der Waals surface area contributed by atoms with Gasteiger partial charge in [-0.15, -0.1) is 0 Å². The van der Waals surface area contributed by atoms with Crippen molar-refractivity contribution in [1.82, 2.24) is 10.6 Å². The number of carbonyl (C=O) groups is 2. The number of hydrogen-bond donors (Lipinski definition) is 3. The number of anilines is 1. The summed E-state index contributed by atoms with van der Waals surface area (Å²) in [6.07, 6.45) is 0. The molecular weight excluding hydrogens is 398 g/mol. The van der Waals surface area contributed by atoms with Crippen molar-refractivity contribution >= 4 is 33.6 Å². The van der Waals surface area contributed by atoms with Gasteiger partial charge in [0.05, 0.1) is 19.2 Å². The van der Waals surface area contributed by atoms with Crippen molar-refractivity contribution in [2.24, 2.45) is 0 Å². The van der Waals surface area contributed by atoms with Crippen LogP contribution in [0.2, 0.25) is 0 Å². The molecule has 0 heterocycles. The molecule has 3 N–H and O–H groups in total. The Morgan fingerprint density at radius 1 is 1.15 bits per heavy atom. The lowest BCUT2D eigenvalue weighted by atomic mass is 10.1. The minimum atomic E-state index is -0.403. The molecule has 1 atom stereocenters. The highest BCUT2D eigenvalue weighted by atomic mass is 79.9. The fourth-order valence-corrected chi connectivity index (χ4v) is 2.69. The molecule has 0 aliphatic rings. The highest BCUT2D eigenvalue weighted by molar-refractivity contribution is 9.10. The van der Waals surface area contributed by atoms with Crippen molar-refractivity contribution in [3.63, 3.8) is 0 Å². The van der Waals surface area contributed by atoms with Crippen LogP contribution >= 0.6 is 15.9 Å². The highest BCUT2D eigenvalue weighted by Crippen LogP contribution is 2.18. The number of hydrogen-bond acceptors (Lipinski definition) is 3. The average Bonchev–Trinajstić information content (AvgIpc) is 2.62. The van der Waals surface area contributed by atoms with Gasteiger partial charge >= 0.3 is 6.03 Å².